The molecule has 0 aromatic rings. The van der Waals surface area contributed by atoms with Gasteiger partial charge in [0.25, 0.3) is 0 Å². The highest BCUT2D eigenvalue weighted by molar-refractivity contribution is 5.94. The van der Waals surface area contributed by atoms with Crippen LogP contribution in [0.3, 0.4) is 0 Å². The fraction of sp³-hybridized carbons (Fsp3) is 0.825. The molecular formula is C57H109N11O14. The molecule has 0 saturated heterocycles. The highest BCUT2D eigenvalue weighted by Gasteiger charge is 2.35. The number of aliphatic hydroxyl groups is 4. The van der Waals surface area contributed by atoms with Gasteiger partial charge in [0.05, 0.1) is 63.7 Å². The Labute approximate surface area is 490 Å². The summed E-state index contributed by atoms with van der Waals surface area (Å²) >= 11 is 0. The fourth-order valence-corrected chi connectivity index (χ4v) is 8.52. The third-order valence-electron chi connectivity index (χ3n) is 14.6. The zero-order valence-electron chi connectivity index (χ0n) is 51.9. The lowest BCUT2D eigenvalue weighted by molar-refractivity contribution is -0.152. The first-order valence-electron chi connectivity index (χ1n) is 29.1. The van der Waals surface area contributed by atoms with Crippen molar-refractivity contribution in [2.24, 2.45) is 5.73 Å². The number of aliphatic hydroxyl groups excluding tert-OH is 4. The predicted molar refractivity (Wildman–Crippen MR) is 314 cm³/mol. The summed E-state index contributed by atoms with van der Waals surface area (Å²) in [6.45, 7) is 21.0. The van der Waals surface area contributed by atoms with E-state index >= 15 is 0 Å². The van der Waals surface area contributed by atoms with E-state index in [1.165, 1.54) is 52.2 Å². The van der Waals surface area contributed by atoms with Gasteiger partial charge in [-0.2, -0.15) is 0 Å². The van der Waals surface area contributed by atoms with Crippen molar-refractivity contribution in [3.05, 3.63) is 0 Å². The minimum Gasteiger partial charge on any atom is -0.392 e. The summed E-state index contributed by atoms with van der Waals surface area (Å²) in [5.74, 6) is -6.53. The lowest BCUT2D eigenvalue weighted by Crippen LogP contribution is -2.56. The molecule has 0 fully saturated rings. The van der Waals surface area contributed by atoms with Crippen LogP contribution in [0.2, 0.25) is 0 Å². The second kappa shape index (κ2) is 39.9. The Hall–Kier alpha value is -5.50. The van der Waals surface area contributed by atoms with E-state index in [0.717, 1.165) is 26.0 Å². The van der Waals surface area contributed by atoms with Gasteiger partial charge in [0, 0.05) is 62.4 Å². The van der Waals surface area contributed by atoms with Crippen molar-refractivity contribution in [1.29, 1.82) is 0 Å². The molecule has 10 amide bonds. The van der Waals surface area contributed by atoms with Gasteiger partial charge in [0.15, 0.2) is 0 Å². The van der Waals surface area contributed by atoms with Crippen LogP contribution in [0.25, 0.3) is 0 Å². The van der Waals surface area contributed by atoms with Crippen LogP contribution in [0.5, 0.6) is 0 Å². The Balaban J connectivity index is 0. The molecule has 25 nitrogen and oxygen atoms in total. The molecule has 0 aliphatic heterocycles. The number of hydrogen-bond donors (Lipinski definition) is 6. The topological polar surface area (TPSA) is 319 Å². The molecule has 0 spiro atoms. The van der Waals surface area contributed by atoms with Gasteiger partial charge in [-0.3, -0.25) is 47.9 Å². The molecule has 0 unspecified atom stereocenters. The summed E-state index contributed by atoms with van der Waals surface area (Å²) in [6.07, 6.45) is -1.60. The first-order chi connectivity index (χ1) is 37.7. The van der Waals surface area contributed by atoms with Crippen LogP contribution in [0.4, 0.5) is 0 Å². The molecule has 0 aliphatic carbocycles. The van der Waals surface area contributed by atoms with Crippen LogP contribution in [-0.4, -0.2) is 276 Å². The Morgan fingerprint density at radius 2 is 0.537 bits per heavy atom. The normalized spacial score (nSPS) is 14.8. The van der Waals surface area contributed by atoms with Crippen molar-refractivity contribution in [2.45, 2.75) is 217 Å². The van der Waals surface area contributed by atoms with Gasteiger partial charge in [0.1, 0.15) is 26.2 Å². The van der Waals surface area contributed by atoms with Gasteiger partial charge < -0.3 is 75.6 Å². The average molecular weight is 1170 g/mol. The van der Waals surface area contributed by atoms with Crippen LogP contribution in [0, 0.1) is 0 Å². The molecular weight excluding hydrogens is 1060 g/mol. The summed E-state index contributed by atoms with van der Waals surface area (Å²) < 4.78 is 0. The fourth-order valence-electron chi connectivity index (χ4n) is 8.52. The number of nitrogens with zero attached hydrogens (tertiary/aromatic N) is 9. The van der Waals surface area contributed by atoms with Crippen molar-refractivity contribution in [3.63, 3.8) is 0 Å². The summed E-state index contributed by atoms with van der Waals surface area (Å²) in [5.41, 5.74) is 5.44. The summed E-state index contributed by atoms with van der Waals surface area (Å²) in [7, 11) is 0. The molecule has 0 bridgehead atoms. The highest BCUT2D eigenvalue weighted by atomic mass is 16.3. The van der Waals surface area contributed by atoms with Crippen molar-refractivity contribution in [1.82, 2.24) is 49.4 Å². The van der Waals surface area contributed by atoms with Gasteiger partial charge in [-0.1, -0.05) is 49.0 Å². The maximum atomic E-state index is 14.5. The van der Waals surface area contributed by atoms with Crippen molar-refractivity contribution in [2.75, 3.05) is 91.6 Å². The third-order valence-corrected chi connectivity index (χ3v) is 14.6. The quantitative estimate of drug-likeness (QED) is 0.0486. The Morgan fingerprint density at radius 1 is 0.329 bits per heavy atom. The average Bonchev–Trinajstić information content (AvgIpc) is 3.39. The molecule has 82 heavy (non-hydrogen) atoms. The molecule has 0 rings (SSSR count). The van der Waals surface area contributed by atoms with Crippen molar-refractivity contribution < 1.29 is 68.4 Å². The van der Waals surface area contributed by atoms with E-state index in [1.54, 1.807) is 55.4 Å². The molecule has 0 aromatic carbocycles. The minimum absolute atomic E-state index is 0. The van der Waals surface area contributed by atoms with Crippen LogP contribution >= 0.6 is 0 Å². The van der Waals surface area contributed by atoms with Gasteiger partial charge in [0.2, 0.25) is 59.1 Å². The number of carbonyl (C=O) groups excluding carboxylic acids is 10. The number of hydrogen-bond acceptors (Lipinski definition) is 15. The number of rotatable bonds is 40. The highest BCUT2D eigenvalue weighted by Crippen LogP contribution is 2.15. The van der Waals surface area contributed by atoms with Crippen molar-refractivity contribution in [3.8, 4) is 0 Å². The maximum Gasteiger partial charge on any atom is 0.242 e. The second-order valence-corrected chi connectivity index (χ2v) is 22.0. The minimum atomic E-state index is -1.17. The van der Waals surface area contributed by atoms with Crippen LogP contribution < -0.4 is 11.1 Å². The van der Waals surface area contributed by atoms with E-state index in [4.69, 9.17) is 5.73 Å². The molecule has 10 atom stereocenters. The summed E-state index contributed by atoms with van der Waals surface area (Å²) in [4.78, 5) is 149. The number of nitrogens with one attached hydrogen (secondary N) is 1. The largest absolute Gasteiger partial charge is 0.392 e. The maximum absolute atomic E-state index is 14.5. The second-order valence-electron chi connectivity index (χ2n) is 22.0. The zero-order valence-corrected chi connectivity index (χ0v) is 51.9. The molecule has 25 heteroatoms. The number of primary amides is 1. The molecule has 0 aromatic heterocycles. The predicted octanol–water partition coefficient (Wildman–Crippen LogP) is 0.469. The summed E-state index contributed by atoms with van der Waals surface area (Å²) in [6, 6.07) is -2.37. The van der Waals surface area contributed by atoms with Crippen molar-refractivity contribution >= 4 is 59.1 Å². The SMILES string of the molecule is C.CC[C@@H](C)NCC(=O)N(CC(=O)N(CC(=O)N(CC(=O)N(CC(=O)N(CC(=O)N(CC(=O)N(CC(=O)N(CC(=O)N(CC(N)=O)[C@@H](C)CC)[C@H](C)CC)C[C@@H](C)O)C[C@@H](C)O)[C@@H](C)CC)[C@H](C)CC)C[C@@H](C)O)C[C@@H](C)O)[C@@H](C)CC. The monoisotopic (exact) mass is 1170 g/mol. The van der Waals surface area contributed by atoms with Crippen LogP contribution in [-0.2, 0) is 47.9 Å². The third kappa shape index (κ3) is 28.2. The van der Waals surface area contributed by atoms with Crippen LogP contribution in [0.15, 0.2) is 0 Å². The molecule has 0 heterocycles. The molecule has 0 aliphatic rings. The first-order valence-corrected chi connectivity index (χ1v) is 29.1. The standard InChI is InChI=1S/C56H105N11O14.CH4/c1-17-37(7)58-23-48(73)64(39(9)19-3)33-51(76)59(24-43(13)68)29-49(74)62(27-46(16)71)32-54(79)67(42(12)22-6)36-56(81)65(40(10)20-4)34-52(77)60(25-44(14)69)30-50(75)61(26-45(15)70)31-53(78)66(41(11)21-5)35-55(80)63(28-47(57)72)38(8)18-2;/h37-46,58,68-71H,17-36H2,1-16H3,(H2,57,72);1H4/t37-,38+,39+,40+,41-,42-,43-,44-,45-,46-;/m1./s1. The summed E-state index contributed by atoms with van der Waals surface area (Å²) in [5, 5.41) is 45.2. The molecule has 0 saturated carbocycles. The smallest absolute Gasteiger partial charge is 0.242 e. The lowest BCUT2D eigenvalue weighted by Gasteiger charge is -2.36. The number of carbonyl (C=O) groups is 10. The van der Waals surface area contributed by atoms with Gasteiger partial charge in [-0.25, -0.2) is 0 Å². The molecule has 7 N–H and O–H groups in total. The van der Waals surface area contributed by atoms with E-state index in [1.807, 2.05) is 27.7 Å². The first kappa shape index (κ1) is 78.6. The number of amides is 10. The van der Waals surface area contributed by atoms with E-state index < -0.39 is 142 Å². The molecule has 0 radical (unpaired) electrons. The van der Waals surface area contributed by atoms with E-state index in [9.17, 15) is 68.4 Å². The zero-order chi connectivity index (χ0) is 62.6. The Bertz CT molecular complexity index is 2010. The van der Waals surface area contributed by atoms with E-state index in [2.05, 4.69) is 5.32 Å². The van der Waals surface area contributed by atoms with E-state index in [-0.39, 0.29) is 77.3 Å². The van der Waals surface area contributed by atoms with Gasteiger partial charge in [-0.05, 0) is 108 Å². The Kier molecular flexibility index (Phi) is 38.2. The number of nitrogens with two attached hydrogens (primary N) is 1. The lowest BCUT2D eigenvalue weighted by atomic mass is 10.1. The van der Waals surface area contributed by atoms with Gasteiger partial charge in [-0.15, -0.1) is 0 Å². The van der Waals surface area contributed by atoms with E-state index in [0.29, 0.717) is 32.1 Å². The molecule has 476 valence electrons. The van der Waals surface area contributed by atoms with Gasteiger partial charge >= 0.3 is 0 Å². The van der Waals surface area contributed by atoms with Crippen LogP contribution in [0.1, 0.15) is 157 Å². The Morgan fingerprint density at radius 3 is 0.768 bits per heavy atom.